The fourth-order valence-corrected chi connectivity index (χ4v) is 5.01. The Hall–Kier alpha value is -0.120. The van der Waals surface area contributed by atoms with Crippen molar-refractivity contribution in [3.63, 3.8) is 0 Å². The molecule has 0 heterocycles. The van der Waals surface area contributed by atoms with E-state index in [9.17, 15) is 0 Å². The average molecular weight is 327 g/mol. The lowest BCUT2D eigenvalue weighted by atomic mass is 9.69. The SMILES string of the molecule is COCC(COC)(COC1C(C)CCCC1C)C1CCCCC1. The van der Waals surface area contributed by atoms with Crippen molar-refractivity contribution < 1.29 is 14.2 Å². The zero-order valence-corrected chi connectivity index (χ0v) is 15.8. The molecular formula is C20H38O3. The fraction of sp³-hybridized carbons (Fsp3) is 1.00. The van der Waals surface area contributed by atoms with Crippen molar-refractivity contribution >= 4 is 0 Å². The molecule has 2 saturated carbocycles. The van der Waals surface area contributed by atoms with Crippen LogP contribution in [0.1, 0.15) is 65.2 Å². The number of methoxy groups -OCH3 is 2. The van der Waals surface area contributed by atoms with Crippen LogP contribution in [0.4, 0.5) is 0 Å². The van der Waals surface area contributed by atoms with Gasteiger partial charge in [-0.25, -0.2) is 0 Å². The number of hydrogen-bond donors (Lipinski definition) is 0. The van der Waals surface area contributed by atoms with Gasteiger partial charge in [0.15, 0.2) is 0 Å². The second kappa shape index (κ2) is 9.39. The van der Waals surface area contributed by atoms with Crippen molar-refractivity contribution in [3.05, 3.63) is 0 Å². The summed E-state index contributed by atoms with van der Waals surface area (Å²) in [7, 11) is 3.64. The van der Waals surface area contributed by atoms with Gasteiger partial charge >= 0.3 is 0 Å². The molecule has 0 amide bonds. The Bertz CT molecular complexity index is 309. The van der Waals surface area contributed by atoms with Gasteiger partial charge in [-0.3, -0.25) is 0 Å². The molecule has 0 aliphatic heterocycles. The van der Waals surface area contributed by atoms with E-state index >= 15 is 0 Å². The molecule has 0 N–H and O–H groups in total. The number of rotatable bonds is 8. The van der Waals surface area contributed by atoms with E-state index in [1.807, 2.05) is 14.2 Å². The van der Waals surface area contributed by atoms with Gasteiger partial charge in [0, 0.05) is 19.6 Å². The molecule has 0 saturated heterocycles. The molecule has 3 nitrogen and oxygen atoms in total. The maximum Gasteiger partial charge on any atom is 0.0626 e. The van der Waals surface area contributed by atoms with Crippen molar-refractivity contribution in [2.24, 2.45) is 23.2 Å². The van der Waals surface area contributed by atoms with Gasteiger partial charge < -0.3 is 14.2 Å². The van der Waals surface area contributed by atoms with E-state index in [1.165, 1.54) is 51.4 Å². The molecule has 2 rings (SSSR count). The van der Waals surface area contributed by atoms with Crippen LogP contribution in [-0.4, -0.2) is 40.1 Å². The van der Waals surface area contributed by atoms with E-state index in [1.54, 1.807) is 0 Å². The van der Waals surface area contributed by atoms with Crippen LogP contribution >= 0.6 is 0 Å². The third-order valence-electron chi connectivity index (χ3n) is 6.34. The predicted octanol–water partition coefficient (Wildman–Crippen LogP) is 4.69. The van der Waals surface area contributed by atoms with E-state index in [0.717, 1.165) is 19.8 Å². The minimum Gasteiger partial charge on any atom is -0.384 e. The normalized spacial score (nSPS) is 30.5. The molecule has 2 aliphatic carbocycles. The largest absolute Gasteiger partial charge is 0.384 e. The molecular weight excluding hydrogens is 288 g/mol. The molecule has 136 valence electrons. The van der Waals surface area contributed by atoms with E-state index in [2.05, 4.69) is 13.8 Å². The van der Waals surface area contributed by atoms with Crippen LogP contribution in [0.15, 0.2) is 0 Å². The highest BCUT2D eigenvalue weighted by Gasteiger charge is 2.41. The lowest BCUT2D eigenvalue weighted by Gasteiger charge is -2.44. The Morgan fingerprint density at radius 3 is 1.83 bits per heavy atom. The predicted molar refractivity (Wildman–Crippen MR) is 94.7 cm³/mol. The molecule has 0 spiro atoms. The van der Waals surface area contributed by atoms with Gasteiger partial charge in [0.1, 0.15) is 0 Å². The second-order valence-electron chi connectivity index (χ2n) is 8.22. The molecule has 3 heteroatoms. The Kier molecular flexibility index (Phi) is 7.84. The Labute approximate surface area is 143 Å². The molecule has 2 unspecified atom stereocenters. The van der Waals surface area contributed by atoms with Crippen LogP contribution in [0.3, 0.4) is 0 Å². The van der Waals surface area contributed by atoms with Crippen molar-refractivity contribution in [3.8, 4) is 0 Å². The molecule has 2 fully saturated rings. The van der Waals surface area contributed by atoms with Crippen LogP contribution in [0.25, 0.3) is 0 Å². The van der Waals surface area contributed by atoms with Gasteiger partial charge in [-0.05, 0) is 43.4 Å². The average Bonchev–Trinajstić information content (AvgIpc) is 2.55. The van der Waals surface area contributed by atoms with Crippen molar-refractivity contribution in [2.45, 2.75) is 71.3 Å². The standard InChI is InChI=1S/C20H38O3/c1-16-9-8-10-17(2)19(16)23-15-20(13-21-3,14-22-4)18-11-6-5-7-12-18/h16-19H,5-15H2,1-4H3. The van der Waals surface area contributed by atoms with Crippen LogP contribution in [0.2, 0.25) is 0 Å². The van der Waals surface area contributed by atoms with E-state index < -0.39 is 0 Å². The molecule has 2 aliphatic rings. The first-order chi connectivity index (χ1) is 11.1. The monoisotopic (exact) mass is 326 g/mol. The summed E-state index contributed by atoms with van der Waals surface area (Å²) >= 11 is 0. The summed E-state index contributed by atoms with van der Waals surface area (Å²) in [6.45, 7) is 7.01. The maximum atomic E-state index is 6.57. The highest BCUT2D eigenvalue weighted by atomic mass is 16.5. The Morgan fingerprint density at radius 1 is 0.739 bits per heavy atom. The van der Waals surface area contributed by atoms with Gasteiger partial charge in [0.2, 0.25) is 0 Å². The van der Waals surface area contributed by atoms with E-state index in [-0.39, 0.29) is 5.41 Å². The van der Waals surface area contributed by atoms with Gasteiger partial charge in [-0.1, -0.05) is 39.5 Å². The topological polar surface area (TPSA) is 27.7 Å². The summed E-state index contributed by atoms with van der Waals surface area (Å²) in [5, 5.41) is 0. The lowest BCUT2D eigenvalue weighted by Crippen LogP contribution is -2.46. The van der Waals surface area contributed by atoms with Crippen molar-refractivity contribution in [1.82, 2.24) is 0 Å². The molecule has 0 aromatic rings. The summed E-state index contributed by atoms with van der Waals surface area (Å²) in [6, 6.07) is 0. The van der Waals surface area contributed by atoms with Crippen LogP contribution in [-0.2, 0) is 14.2 Å². The summed E-state index contributed by atoms with van der Waals surface area (Å²) in [6.07, 6.45) is 11.0. The molecule has 0 radical (unpaired) electrons. The van der Waals surface area contributed by atoms with Gasteiger partial charge in [0.25, 0.3) is 0 Å². The van der Waals surface area contributed by atoms with Crippen LogP contribution in [0.5, 0.6) is 0 Å². The first-order valence-electron chi connectivity index (χ1n) is 9.72. The summed E-state index contributed by atoms with van der Waals surface area (Å²) in [5.41, 5.74) is 0.0286. The van der Waals surface area contributed by atoms with Gasteiger partial charge in [0.05, 0.1) is 25.9 Å². The zero-order valence-electron chi connectivity index (χ0n) is 15.8. The van der Waals surface area contributed by atoms with Gasteiger partial charge in [-0.15, -0.1) is 0 Å². The number of ether oxygens (including phenoxy) is 3. The van der Waals surface area contributed by atoms with Crippen molar-refractivity contribution in [2.75, 3.05) is 34.0 Å². The van der Waals surface area contributed by atoms with Crippen LogP contribution in [0, 0.1) is 23.2 Å². The Balaban J connectivity index is 2.05. The first kappa shape index (κ1) is 19.2. The number of hydrogen-bond acceptors (Lipinski definition) is 3. The third-order valence-corrected chi connectivity index (χ3v) is 6.34. The molecule has 2 atom stereocenters. The van der Waals surface area contributed by atoms with Gasteiger partial charge in [-0.2, -0.15) is 0 Å². The zero-order chi connectivity index (χ0) is 16.7. The quantitative estimate of drug-likeness (QED) is 0.648. The second-order valence-corrected chi connectivity index (χ2v) is 8.22. The highest BCUT2D eigenvalue weighted by molar-refractivity contribution is 4.90. The van der Waals surface area contributed by atoms with E-state index in [4.69, 9.17) is 14.2 Å². The smallest absolute Gasteiger partial charge is 0.0626 e. The molecule has 0 aromatic carbocycles. The minimum absolute atomic E-state index is 0.0286. The molecule has 0 bridgehead atoms. The van der Waals surface area contributed by atoms with Crippen molar-refractivity contribution in [1.29, 1.82) is 0 Å². The third kappa shape index (κ3) is 4.93. The van der Waals surface area contributed by atoms with E-state index in [0.29, 0.717) is 23.9 Å². The maximum absolute atomic E-state index is 6.57. The minimum atomic E-state index is 0.0286. The fourth-order valence-electron chi connectivity index (χ4n) is 5.01. The first-order valence-corrected chi connectivity index (χ1v) is 9.72. The summed E-state index contributed by atoms with van der Waals surface area (Å²) < 4.78 is 17.9. The Morgan fingerprint density at radius 2 is 1.30 bits per heavy atom. The van der Waals surface area contributed by atoms with Crippen LogP contribution < -0.4 is 0 Å². The summed E-state index contributed by atoms with van der Waals surface area (Å²) in [4.78, 5) is 0. The summed E-state index contributed by atoms with van der Waals surface area (Å²) in [5.74, 6) is 2.02. The molecule has 23 heavy (non-hydrogen) atoms. The highest BCUT2D eigenvalue weighted by Crippen LogP contribution is 2.41. The lowest BCUT2D eigenvalue weighted by molar-refractivity contribution is -0.132. The molecule has 0 aromatic heterocycles.